The van der Waals surface area contributed by atoms with E-state index >= 15 is 0 Å². The van der Waals surface area contributed by atoms with Crippen molar-refractivity contribution in [2.24, 2.45) is 0 Å². The smallest absolute Gasteiger partial charge is 0.247 e. The Labute approximate surface area is 146 Å². The molecular formula is C19H19ClN2O2. The van der Waals surface area contributed by atoms with Crippen LogP contribution in [0, 0.1) is 0 Å². The number of carbonyl (C=O) groups excluding carboxylic acids is 2. The summed E-state index contributed by atoms with van der Waals surface area (Å²) in [6, 6.07) is 14.4. The van der Waals surface area contributed by atoms with Crippen LogP contribution in [0.15, 0.2) is 48.5 Å². The van der Waals surface area contributed by atoms with Crippen molar-refractivity contribution in [3.63, 3.8) is 0 Å². The second-order valence-corrected chi connectivity index (χ2v) is 6.24. The minimum Gasteiger partial charge on any atom is -0.350 e. The molecule has 0 spiro atoms. The van der Waals surface area contributed by atoms with Gasteiger partial charge in [-0.15, -0.1) is 0 Å². The summed E-state index contributed by atoms with van der Waals surface area (Å²) < 4.78 is 0. The van der Waals surface area contributed by atoms with E-state index in [2.05, 4.69) is 5.32 Å². The van der Waals surface area contributed by atoms with Crippen molar-refractivity contribution in [1.29, 1.82) is 0 Å². The van der Waals surface area contributed by atoms with Crippen LogP contribution in [0.2, 0.25) is 5.02 Å². The molecule has 124 valence electrons. The lowest BCUT2D eigenvalue weighted by Crippen LogP contribution is -2.47. The molecule has 1 heterocycles. The summed E-state index contributed by atoms with van der Waals surface area (Å²) in [5.41, 5.74) is 2.80. The molecule has 1 atom stereocenters. The van der Waals surface area contributed by atoms with E-state index in [4.69, 9.17) is 11.6 Å². The number of rotatable bonds is 4. The van der Waals surface area contributed by atoms with E-state index < -0.39 is 6.04 Å². The average Bonchev–Trinajstić information content (AvgIpc) is 2.59. The molecule has 0 bridgehead atoms. The maximum atomic E-state index is 12.8. The van der Waals surface area contributed by atoms with Crippen LogP contribution in [0.1, 0.15) is 29.7 Å². The zero-order valence-electron chi connectivity index (χ0n) is 13.5. The van der Waals surface area contributed by atoms with E-state index in [1.165, 1.54) is 0 Å². The second-order valence-electron chi connectivity index (χ2n) is 5.80. The summed E-state index contributed by atoms with van der Waals surface area (Å²) in [5.74, 6) is -0.171. The van der Waals surface area contributed by atoms with E-state index in [0.717, 1.165) is 16.7 Å². The van der Waals surface area contributed by atoms with Gasteiger partial charge >= 0.3 is 0 Å². The Morgan fingerprint density at radius 3 is 2.62 bits per heavy atom. The third-order valence-corrected chi connectivity index (χ3v) is 4.54. The Morgan fingerprint density at radius 1 is 1.21 bits per heavy atom. The Kier molecular flexibility index (Phi) is 4.86. The van der Waals surface area contributed by atoms with Crippen LogP contribution in [-0.2, 0) is 22.6 Å². The first-order valence-electron chi connectivity index (χ1n) is 7.99. The van der Waals surface area contributed by atoms with Crippen LogP contribution in [-0.4, -0.2) is 23.3 Å². The number of nitrogens with zero attached hydrogens (tertiary/aromatic N) is 1. The van der Waals surface area contributed by atoms with Crippen LogP contribution in [0.4, 0.5) is 0 Å². The van der Waals surface area contributed by atoms with Gasteiger partial charge in [-0.05, 0) is 35.7 Å². The number of amides is 2. The standard InChI is InChI=1S/C19H19ClN2O2/c1-2-22-17(23)11-14-5-3-4-6-16(14)18(22)19(24)21-12-13-7-9-15(20)10-8-13/h3-10,18H,2,11-12H2,1H3,(H,21,24). The first kappa shape index (κ1) is 16.5. The molecule has 0 aromatic heterocycles. The normalized spacial score (nSPS) is 16.7. The quantitative estimate of drug-likeness (QED) is 0.928. The summed E-state index contributed by atoms with van der Waals surface area (Å²) >= 11 is 5.87. The lowest BCUT2D eigenvalue weighted by atomic mass is 9.91. The molecule has 2 aromatic rings. The number of fused-ring (bicyclic) bond motifs is 1. The van der Waals surface area contributed by atoms with Crippen LogP contribution < -0.4 is 5.32 Å². The van der Waals surface area contributed by atoms with Crippen LogP contribution >= 0.6 is 11.6 Å². The molecule has 1 aliphatic rings. The molecule has 3 rings (SSSR count). The average molecular weight is 343 g/mol. The summed E-state index contributed by atoms with van der Waals surface area (Å²) in [6.07, 6.45) is 0.352. The van der Waals surface area contributed by atoms with Gasteiger partial charge in [-0.1, -0.05) is 48.0 Å². The molecule has 2 amide bonds. The van der Waals surface area contributed by atoms with Crippen molar-refractivity contribution < 1.29 is 9.59 Å². The van der Waals surface area contributed by atoms with Gasteiger partial charge in [0.05, 0.1) is 6.42 Å². The molecule has 1 unspecified atom stereocenters. The monoisotopic (exact) mass is 342 g/mol. The second kappa shape index (κ2) is 7.05. The molecule has 0 fully saturated rings. The Morgan fingerprint density at radius 2 is 1.92 bits per heavy atom. The maximum absolute atomic E-state index is 12.8. The first-order valence-corrected chi connectivity index (χ1v) is 8.37. The van der Waals surface area contributed by atoms with E-state index in [1.807, 2.05) is 43.3 Å². The zero-order chi connectivity index (χ0) is 17.1. The predicted molar refractivity (Wildman–Crippen MR) is 93.6 cm³/mol. The third kappa shape index (κ3) is 3.29. The van der Waals surface area contributed by atoms with Crippen LogP contribution in [0.25, 0.3) is 0 Å². The first-order chi connectivity index (χ1) is 11.6. The molecule has 5 heteroatoms. The largest absolute Gasteiger partial charge is 0.350 e. The molecule has 1 N–H and O–H groups in total. The highest BCUT2D eigenvalue weighted by atomic mass is 35.5. The molecule has 0 saturated heterocycles. The molecule has 4 nitrogen and oxygen atoms in total. The molecule has 1 aliphatic heterocycles. The van der Waals surface area contributed by atoms with E-state index in [0.29, 0.717) is 24.5 Å². The summed E-state index contributed by atoms with van der Waals surface area (Å²) in [4.78, 5) is 26.8. The van der Waals surface area contributed by atoms with Gasteiger partial charge < -0.3 is 10.2 Å². The highest BCUT2D eigenvalue weighted by Crippen LogP contribution is 2.30. The fourth-order valence-corrected chi connectivity index (χ4v) is 3.19. The van der Waals surface area contributed by atoms with E-state index in [-0.39, 0.29) is 11.8 Å². The lowest BCUT2D eigenvalue weighted by Gasteiger charge is -2.35. The number of nitrogens with one attached hydrogen (secondary N) is 1. The van der Waals surface area contributed by atoms with Gasteiger partial charge in [0.15, 0.2) is 0 Å². The maximum Gasteiger partial charge on any atom is 0.247 e. The van der Waals surface area contributed by atoms with Crippen molar-refractivity contribution in [3.8, 4) is 0 Å². The van der Waals surface area contributed by atoms with Crippen molar-refractivity contribution >= 4 is 23.4 Å². The number of carbonyl (C=O) groups is 2. The van der Waals surface area contributed by atoms with Gasteiger partial charge in [0.2, 0.25) is 11.8 Å². The summed E-state index contributed by atoms with van der Waals surface area (Å²) in [6.45, 7) is 2.80. The number of hydrogen-bond donors (Lipinski definition) is 1. The van der Waals surface area contributed by atoms with Gasteiger partial charge in [-0.3, -0.25) is 9.59 Å². The molecule has 24 heavy (non-hydrogen) atoms. The molecule has 0 saturated carbocycles. The van der Waals surface area contributed by atoms with Crippen molar-refractivity contribution in [2.45, 2.75) is 25.9 Å². The van der Waals surface area contributed by atoms with Crippen molar-refractivity contribution in [3.05, 3.63) is 70.2 Å². The molecular weight excluding hydrogens is 324 g/mol. The molecule has 0 aliphatic carbocycles. The Bertz CT molecular complexity index is 758. The number of benzene rings is 2. The topological polar surface area (TPSA) is 49.4 Å². The summed E-state index contributed by atoms with van der Waals surface area (Å²) in [5, 5.41) is 3.60. The van der Waals surface area contributed by atoms with Crippen LogP contribution in [0.3, 0.4) is 0 Å². The van der Waals surface area contributed by atoms with E-state index in [9.17, 15) is 9.59 Å². The third-order valence-electron chi connectivity index (χ3n) is 4.29. The molecule has 0 radical (unpaired) electrons. The van der Waals surface area contributed by atoms with Gasteiger partial charge in [-0.25, -0.2) is 0 Å². The van der Waals surface area contributed by atoms with Crippen LogP contribution in [0.5, 0.6) is 0 Å². The van der Waals surface area contributed by atoms with Crippen molar-refractivity contribution in [2.75, 3.05) is 6.54 Å². The minimum absolute atomic E-state index is 0.0113. The van der Waals surface area contributed by atoms with Gasteiger partial charge in [0, 0.05) is 18.1 Å². The SMILES string of the molecule is CCN1C(=O)Cc2ccccc2C1C(=O)NCc1ccc(Cl)cc1. The Balaban J connectivity index is 1.81. The van der Waals surface area contributed by atoms with Gasteiger partial charge in [0.25, 0.3) is 0 Å². The molecule has 2 aromatic carbocycles. The highest BCUT2D eigenvalue weighted by Gasteiger charge is 2.35. The fraction of sp³-hybridized carbons (Fsp3) is 0.263. The number of hydrogen-bond acceptors (Lipinski definition) is 2. The Hall–Kier alpha value is -2.33. The summed E-state index contributed by atoms with van der Waals surface area (Å²) in [7, 11) is 0. The minimum atomic E-state index is -0.570. The van der Waals surface area contributed by atoms with Gasteiger partial charge in [0.1, 0.15) is 6.04 Å². The lowest BCUT2D eigenvalue weighted by molar-refractivity contribution is -0.141. The predicted octanol–water partition coefficient (Wildman–Crippen LogP) is 3.10. The van der Waals surface area contributed by atoms with E-state index in [1.54, 1.807) is 17.0 Å². The highest BCUT2D eigenvalue weighted by molar-refractivity contribution is 6.30. The number of likely N-dealkylation sites (N-methyl/N-ethyl adjacent to an activating group) is 1. The van der Waals surface area contributed by atoms with Gasteiger partial charge in [-0.2, -0.15) is 0 Å². The fourth-order valence-electron chi connectivity index (χ4n) is 3.07. The number of halogens is 1. The zero-order valence-corrected chi connectivity index (χ0v) is 14.2. The van der Waals surface area contributed by atoms with Crippen molar-refractivity contribution in [1.82, 2.24) is 10.2 Å².